The highest BCUT2D eigenvalue weighted by atomic mass is 127. The van der Waals surface area contributed by atoms with E-state index in [1.165, 1.54) is 12.8 Å². The Labute approximate surface area is 143 Å². The van der Waals surface area contributed by atoms with Gasteiger partial charge < -0.3 is 20.7 Å². The Bertz CT molecular complexity index is 336. The van der Waals surface area contributed by atoms with Gasteiger partial charge in [-0.15, -0.1) is 24.0 Å². The number of piperidine rings is 1. The monoisotopic (exact) mass is 410 g/mol. The van der Waals surface area contributed by atoms with E-state index >= 15 is 0 Å². The number of nitrogens with one attached hydrogen (secondary N) is 3. The van der Waals surface area contributed by atoms with Gasteiger partial charge in [0.2, 0.25) is 5.91 Å². The van der Waals surface area contributed by atoms with Gasteiger partial charge in [0, 0.05) is 45.8 Å². The third-order valence-electron chi connectivity index (χ3n) is 4.02. The summed E-state index contributed by atoms with van der Waals surface area (Å²) in [5.74, 6) is 1.74. The van der Waals surface area contributed by atoms with Crippen molar-refractivity contribution in [3.8, 4) is 0 Å². The molecule has 0 aliphatic carbocycles. The molecular weight excluding hydrogens is 383 g/mol. The maximum absolute atomic E-state index is 11.1. The van der Waals surface area contributed by atoms with Crippen molar-refractivity contribution in [3.63, 3.8) is 0 Å². The van der Waals surface area contributed by atoms with E-state index in [2.05, 4.69) is 20.9 Å². The topological polar surface area (TPSA) is 74.8 Å². The van der Waals surface area contributed by atoms with E-state index in [1.54, 1.807) is 7.05 Å². The van der Waals surface area contributed by atoms with Gasteiger partial charge in [-0.25, -0.2) is 0 Å². The van der Waals surface area contributed by atoms with Crippen molar-refractivity contribution in [3.05, 3.63) is 0 Å². The number of nitrogens with zero attached hydrogens (tertiary/aromatic N) is 1. The molecule has 2 saturated heterocycles. The van der Waals surface area contributed by atoms with Crippen LogP contribution in [0.3, 0.4) is 0 Å². The van der Waals surface area contributed by atoms with Gasteiger partial charge in [0.25, 0.3) is 0 Å². The number of halogens is 1. The molecule has 1 atom stereocenters. The normalized spacial score (nSPS) is 24.0. The molecule has 0 bridgehead atoms. The quantitative estimate of drug-likeness (QED) is 0.365. The van der Waals surface area contributed by atoms with Crippen LogP contribution in [-0.2, 0) is 9.53 Å². The molecule has 0 aromatic rings. The molecule has 122 valence electrons. The molecule has 21 heavy (non-hydrogen) atoms. The molecule has 2 rings (SSSR count). The highest BCUT2D eigenvalue weighted by Crippen LogP contribution is 2.17. The fourth-order valence-corrected chi connectivity index (χ4v) is 2.67. The summed E-state index contributed by atoms with van der Waals surface area (Å²) in [6, 6.07) is 0.280. The fourth-order valence-electron chi connectivity index (χ4n) is 2.67. The van der Waals surface area contributed by atoms with Crippen molar-refractivity contribution < 1.29 is 9.53 Å². The van der Waals surface area contributed by atoms with Crippen molar-refractivity contribution >= 4 is 35.8 Å². The Morgan fingerprint density at radius 2 is 2.14 bits per heavy atom. The predicted octanol–water partition coefficient (Wildman–Crippen LogP) is 0.865. The van der Waals surface area contributed by atoms with Crippen LogP contribution in [0.15, 0.2) is 4.99 Å². The Morgan fingerprint density at radius 1 is 1.38 bits per heavy atom. The number of hydrogen-bond acceptors (Lipinski definition) is 3. The number of aliphatic imine (C=N–C) groups is 1. The first-order chi connectivity index (χ1) is 9.78. The van der Waals surface area contributed by atoms with Gasteiger partial charge in [-0.1, -0.05) is 0 Å². The maximum atomic E-state index is 11.1. The average molecular weight is 410 g/mol. The van der Waals surface area contributed by atoms with Gasteiger partial charge in [-0.2, -0.15) is 0 Å². The van der Waals surface area contributed by atoms with E-state index in [0.717, 1.165) is 44.5 Å². The first-order valence-electron chi connectivity index (χ1n) is 7.59. The molecule has 3 N–H and O–H groups in total. The zero-order chi connectivity index (χ0) is 14.2. The number of carbonyl (C=O) groups is 1. The lowest BCUT2D eigenvalue weighted by Crippen LogP contribution is -2.51. The van der Waals surface area contributed by atoms with Crippen LogP contribution in [0.5, 0.6) is 0 Å². The molecular formula is C14H27IN4O2. The molecule has 7 heteroatoms. The molecule has 0 saturated carbocycles. The summed E-state index contributed by atoms with van der Waals surface area (Å²) in [6.07, 6.45) is 4.96. The molecule has 1 amide bonds. The summed E-state index contributed by atoms with van der Waals surface area (Å²) in [5, 5.41) is 9.60. The second-order valence-electron chi connectivity index (χ2n) is 5.53. The number of amides is 1. The van der Waals surface area contributed by atoms with Crippen molar-refractivity contribution in [2.75, 3.05) is 33.4 Å². The standard InChI is InChI=1S/C14H26N4O2.HI/c1-15-14(18-12-2-3-13(19)17-10-12)16-7-4-11-5-8-20-9-6-11;/h11-12H,2-10H2,1H3,(H,17,19)(H2,15,16,18);1H. The van der Waals surface area contributed by atoms with Gasteiger partial charge in [0.1, 0.15) is 0 Å². The number of carbonyl (C=O) groups excluding carboxylic acids is 1. The average Bonchev–Trinajstić information content (AvgIpc) is 2.49. The van der Waals surface area contributed by atoms with E-state index in [-0.39, 0.29) is 35.9 Å². The largest absolute Gasteiger partial charge is 0.381 e. The Hall–Kier alpha value is -0.570. The zero-order valence-corrected chi connectivity index (χ0v) is 15.0. The Balaban J connectivity index is 0.00000220. The van der Waals surface area contributed by atoms with Gasteiger partial charge in [0.05, 0.1) is 0 Å². The summed E-state index contributed by atoms with van der Waals surface area (Å²) < 4.78 is 5.37. The lowest BCUT2D eigenvalue weighted by atomic mass is 9.97. The SMILES string of the molecule is CN=C(NCCC1CCOCC1)NC1CCC(=O)NC1.I. The minimum atomic E-state index is 0. The molecule has 2 aliphatic rings. The molecule has 6 nitrogen and oxygen atoms in total. The van der Waals surface area contributed by atoms with Crippen molar-refractivity contribution in [1.29, 1.82) is 0 Å². The van der Waals surface area contributed by atoms with E-state index in [9.17, 15) is 4.79 Å². The number of ether oxygens (including phenoxy) is 1. The molecule has 2 fully saturated rings. The minimum Gasteiger partial charge on any atom is -0.381 e. The molecule has 2 aliphatic heterocycles. The van der Waals surface area contributed by atoms with Crippen LogP contribution >= 0.6 is 24.0 Å². The summed E-state index contributed by atoms with van der Waals surface area (Å²) in [4.78, 5) is 15.4. The molecule has 2 heterocycles. The maximum Gasteiger partial charge on any atom is 0.220 e. The zero-order valence-electron chi connectivity index (χ0n) is 12.7. The molecule has 0 aromatic heterocycles. The molecule has 0 spiro atoms. The summed E-state index contributed by atoms with van der Waals surface area (Å²) in [7, 11) is 1.78. The van der Waals surface area contributed by atoms with Crippen LogP contribution in [0.2, 0.25) is 0 Å². The molecule has 0 radical (unpaired) electrons. The first-order valence-corrected chi connectivity index (χ1v) is 7.59. The summed E-state index contributed by atoms with van der Waals surface area (Å²) in [5.41, 5.74) is 0. The smallest absolute Gasteiger partial charge is 0.220 e. The van der Waals surface area contributed by atoms with E-state index in [4.69, 9.17) is 4.74 Å². The van der Waals surface area contributed by atoms with Gasteiger partial charge in [-0.05, 0) is 31.6 Å². The third-order valence-corrected chi connectivity index (χ3v) is 4.02. The Morgan fingerprint density at radius 3 is 2.76 bits per heavy atom. The summed E-state index contributed by atoms with van der Waals surface area (Å²) in [6.45, 7) is 3.42. The summed E-state index contributed by atoms with van der Waals surface area (Å²) >= 11 is 0. The Kier molecular flexibility index (Phi) is 8.98. The van der Waals surface area contributed by atoms with Gasteiger partial charge >= 0.3 is 0 Å². The fraction of sp³-hybridized carbons (Fsp3) is 0.857. The van der Waals surface area contributed by atoms with E-state index in [0.29, 0.717) is 13.0 Å². The van der Waals surface area contributed by atoms with E-state index in [1.807, 2.05) is 0 Å². The van der Waals surface area contributed by atoms with Crippen LogP contribution in [0, 0.1) is 5.92 Å². The van der Waals surface area contributed by atoms with Crippen LogP contribution in [0.4, 0.5) is 0 Å². The van der Waals surface area contributed by atoms with Crippen molar-refractivity contribution in [2.45, 2.75) is 38.1 Å². The third kappa shape index (κ3) is 6.82. The van der Waals surface area contributed by atoms with Crippen LogP contribution in [0.25, 0.3) is 0 Å². The molecule has 1 unspecified atom stereocenters. The van der Waals surface area contributed by atoms with E-state index < -0.39 is 0 Å². The van der Waals surface area contributed by atoms with Crippen molar-refractivity contribution in [2.24, 2.45) is 10.9 Å². The second-order valence-corrected chi connectivity index (χ2v) is 5.53. The predicted molar refractivity (Wildman–Crippen MR) is 94.1 cm³/mol. The highest BCUT2D eigenvalue weighted by molar-refractivity contribution is 14.0. The lowest BCUT2D eigenvalue weighted by Gasteiger charge is -2.26. The van der Waals surface area contributed by atoms with Gasteiger partial charge in [0.15, 0.2) is 5.96 Å². The highest BCUT2D eigenvalue weighted by Gasteiger charge is 2.19. The van der Waals surface area contributed by atoms with Crippen LogP contribution < -0.4 is 16.0 Å². The van der Waals surface area contributed by atoms with Crippen LogP contribution in [-0.4, -0.2) is 51.3 Å². The number of hydrogen-bond donors (Lipinski definition) is 3. The number of rotatable bonds is 4. The molecule has 0 aromatic carbocycles. The van der Waals surface area contributed by atoms with Crippen LogP contribution in [0.1, 0.15) is 32.1 Å². The van der Waals surface area contributed by atoms with Gasteiger partial charge in [-0.3, -0.25) is 9.79 Å². The second kappa shape index (κ2) is 10.2. The first kappa shape index (κ1) is 18.5. The number of guanidine groups is 1. The lowest BCUT2D eigenvalue weighted by molar-refractivity contribution is -0.122. The minimum absolute atomic E-state index is 0. The van der Waals surface area contributed by atoms with Crippen molar-refractivity contribution in [1.82, 2.24) is 16.0 Å².